The minimum absolute atomic E-state index is 0. The van der Waals surface area contributed by atoms with Gasteiger partial charge in [-0.05, 0) is 37.9 Å². The lowest BCUT2D eigenvalue weighted by Gasteiger charge is -2.36. The molecule has 0 bridgehead atoms. The molecule has 1 N–H and O–H groups in total. The van der Waals surface area contributed by atoms with Crippen molar-refractivity contribution in [3.05, 3.63) is 18.5 Å². The molecule has 1 unspecified atom stereocenters. The molecule has 2 aliphatic heterocycles. The lowest BCUT2D eigenvalue weighted by Crippen LogP contribution is -2.47. The summed E-state index contributed by atoms with van der Waals surface area (Å²) in [4.78, 5) is 2.58. The molecule has 1 aromatic rings. The molecule has 0 saturated carbocycles. The minimum atomic E-state index is 0. The smallest absolute Gasteiger partial charge is 0.0898 e. The molecule has 20 heavy (non-hydrogen) atoms. The zero-order valence-corrected chi connectivity index (χ0v) is 12.7. The van der Waals surface area contributed by atoms with Crippen molar-refractivity contribution < 1.29 is 4.74 Å². The molecular weight excluding hydrogens is 276 g/mol. The quantitative estimate of drug-likeness (QED) is 0.901. The van der Waals surface area contributed by atoms with E-state index in [2.05, 4.69) is 15.3 Å². The minimum Gasteiger partial charge on any atom is -0.374 e. The summed E-state index contributed by atoms with van der Waals surface area (Å²) in [6.45, 7) is 7.47. The third-order valence-electron chi connectivity index (χ3n) is 4.15. The van der Waals surface area contributed by atoms with Crippen LogP contribution in [0.2, 0.25) is 0 Å². The van der Waals surface area contributed by atoms with Crippen LogP contribution >= 0.6 is 12.4 Å². The first-order valence-electron chi connectivity index (χ1n) is 7.42. The molecule has 0 aliphatic carbocycles. The normalized spacial score (nSPS) is 25.3. The number of rotatable bonds is 4. The summed E-state index contributed by atoms with van der Waals surface area (Å²) < 4.78 is 7.83. The number of nitrogens with zero attached hydrogens (tertiary/aromatic N) is 3. The molecule has 5 nitrogen and oxygen atoms in total. The van der Waals surface area contributed by atoms with Gasteiger partial charge in [-0.2, -0.15) is 5.10 Å². The van der Waals surface area contributed by atoms with Crippen molar-refractivity contribution in [2.45, 2.75) is 25.5 Å². The summed E-state index contributed by atoms with van der Waals surface area (Å²) in [6, 6.07) is 1.97. The van der Waals surface area contributed by atoms with Gasteiger partial charge in [0.25, 0.3) is 0 Å². The Balaban J connectivity index is 0.00000147. The standard InChI is InChI=1S/C14H24N4O.ClH/c1-4-16-18(7-1)12-14-11-17(8-9-19-14)10-13-2-5-15-6-3-13;/h1,4,7,13-15H,2-3,5-6,8-12H2;1H. The van der Waals surface area contributed by atoms with Crippen LogP contribution in [0.4, 0.5) is 0 Å². The molecule has 2 fully saturated rings. The fourth-order valence-corrected chi connectivity index (χ4v) is 3.10. The molecule has 6 heteroatoms. The second-order valence-corrected chi connectivity index (χ2v) is 5.67. The third kappa shape index (κ3) is 4.45. The lowest BCUT2D eigenvalue weighted by atomic mass is 9.97. The van der Waals surface area contributed by atoms with E-state index in [1.54, 1.807) is 0 Å². The van der Waals surface area contributed by atoms with Crippen LogP contribution in [0.3, 0.4) is 0 Å². The first-order valence-corrected chi connectivity index (χ1v) is 7.42. The van der Waals surface area contributed by atoms with Crippen LogP contribution in [0.5, 0.6) is 0 Å². The molecule has 0 radical (unpaired) electrons. The average molecular weight is 301 g/mol. The average Bonchev–Trinajstić information content (AvgIpc) is 2.93. The highest BCUT2D eigenvalue weighted by Crippen LogP contribution is 2.16. The second kappa shape index (κ2) is 7.98. The Hall–Kier alpha value is -0.620. The highest BCUT2D eigenvalue weighted by atomic mass is 35.5. The summed E-state index contributed by atoms with van der Waals surface area (Å²) in [5, 5.41) is 7.70. The monoisotopic (exact) mass is 300 g/mol. The number of morpholine rings is 1. The number of halogens is 1. The number of hydrogen-bond donors (Lipinski definition) is 1. The van der Waals surface area contributed by atoms with E-state index >= 15 is 0 Å². The molecule has 3 heterocycles. The van der Waals surface area contributed by atoms with Crippen molar-refractivity contribution in [1.29, 1.82) is 0 Å². The molecule has 2 aliphatic rings. The van der Waals surface area contributed by atoms with E-state index in [9.17, 15) is 0 Å². The maximum atomic E-state index is 5.86. The molecule has 2 saturated heterocycles. The Labute approximate surface area is 127 Å². The van der Waals surface area contributed by atoms with E-state index in [1.165, 1.54) is 32.5 Å². The number of nitrogens with one attached hydrogen (secondary N) is 1. The summed E-state index contributed by atoms with van der Waals surface area (Å²) in [5.74, 6) is 0.865. The van der Waals surface area contributed by atoms with E-state index in [0.717, 1.165) is 32.2 Å². The lowest BCUT2D eigenvalue weighted by molar-refractivity contribution is -0.0426. The molecular formula is C14H25ClN4O. The van der Waals surface area contributed by atoms with Gasteiger partial charge in [-0.15, -0.1) is 12.4 Å². The van der Waals surface area contributed by atoms with Crippen molar-refractivity contribution in [2.24, 2.45) is 5.92 Å². The van der Waals surface area contributed by atoms with Gasteiger partial charge in [0.15, 0.2) is 0 Å². The van der Waals surface area contributed by atoms with Gasteiger partial charge < -0.3 is 10.1 Å². The largest absolute Gasteiger partial charge is 0.374 e. The third-order valence-corrected chi connectivity index (χ3v) is 4.15. The number of piperidine rings is 1. The Morgan fingerprint density at radius 1 is 1.25 bits per heavy atom. The second-order valence-electron chi connectivity index (χ2n) is 5.67. The van der Waals surface area contributed by atoms with Gasteiger partial charge in [-0.3, -0.25) is 9.58 Å². The van der Waals surface area contributed by atoms with Crippen molar-refractivity contribution in [3.63, 3.8) is 0 Å². The van der Waals surface area contributed by atoms with Crippen LogP contribution in [0.15, 0.2) is 18.5 Å². The molecule has 3 rings (SSSR count). The van der Waals surface area contributed by atoms with Crippen molar-refractivity contribution in [3.8, 4) is 0 Å². The fraction of sp³-hybridized carbons (Fsp3) is 0.786. The van der Waals surface area contributed by atoms with E-state index in [4.69, 9.17) is 4.74 Å². The Bertz CT molecular complexity index is 367. The highest BCUT2D eigenvalue weighted by Gasteiger charge is 2.24. The van der Waals surface area contributed by atoms with Crippen LogP contribution in [-0.4, -0.2) is 60.1 Å². The van der Waals surface area contributed by atoms with Gasteiger partial charge >= 0.3 is 0 Å². The van der Waals surface area contributed by atoms with Crippen LogP contribution in [0, 0.1) is 5.92 Å². The number of ether oxygens (including phenoxy) is 1. The number of aromatic nitrogens is 2. The predicted octanol–water partition coefficient (Wildman–Crippen LogP) is 1.01. The first kappa shape index (κ1) is 15.8. The van der Waals surface area contributed by atoms with Gasteiger partial charge in [0.05, 0.1) is 19.3 Å². The predicted molar refractivity (Wildman–Crippen MR) is 81.2 cm³/mol. The Morgan fingerprint density at radius 3 is 2.85 bits per heavy atom. The van der Waals surface area contributed by atoms with Crippen molar-refractivity contribution in [1.82, 2.24) is 20.0 Å². The molecule has 1 atom stereocenters. The molecule has 0 aromatic carbocycles. The maximum absolute atomic E-state index is 5.86. The Morgan fingerprint density at radius 2 is 2.10 bits per heavy atom. The summed E-state index contributed by atoms with van der Waals surface area (Å²) in [5.41, 5.74) is 0. The summed E-state index contributed by atoms with van der Waals surface area (Å²) in [6.07, 6.45) is 6.77. The van der Waals surface area contributed by atoms with E-state index < -0.39 is 0 Å². The summed E-state index contributed by atoms with van der Waals surface area (Å²) >= 11 is 0. The van der Waals surface area contributed by atoms with Gasteiger partial charge in [-0.25, -0.2) is 0 Å². The van der Waals surface area contributed by atoms with Crippen LogP contribution in [0.1, 0.15) is 12.8 Å². The van der Waals surface area contributed by atoms with Gasteiger partial charge in [-0.1, -0.05) is 0 Å². The van der Waals surface area contributed by atoms with E-state index in [0.29, 0.717) is 0 Å². The van der Waals surface area contributed by atoms with Crippen LogP contribution in [-0.2, 0) is 11.3 Å². The number of hydrogen-bond acceptors (Lipinski definition) is 4. The van der Waals surface area contributed by atoms with E-state index in [-0.39, 0.29) is 18.5 Å². The highest BCUT2D eigenvalue weighted by molar-refractivity contribution is 5.85. The van der Waals surface area contributed by atoms with Gasteiger partial charge in [0.1, 0.15) is 0 Å². The SMILES string of the molecule is Cl.c1cnn(CC2CN(CC3CCNCC3)CCO2)c1. The van der Waals surface area contributed by atoms with Gasteiger partial charge in [0.2, 0.25) is 0 Å². The maximum Gasteiger partial charge on any atom is 0.0898 e. The molecule has 0 spiro atoms. The van der Waals surface area contributed by atoms with Gasteiger partial charge in [0, 0.05) is 32.0 Å². The van der Waals surface area contributed by atoms with Crippen molar-refractivity contribution >= 4 is 12.4 Å². The molecule has 0 amide bonds. The first-order chi connectivity index (χ1) is 9.40. The zero-order valence-electron chi connectivity index (χ0n) is 11.9. The summed E-state index contributed by atoms with van der Waals surface area (Å²) in [7, 11) is 0. The van der Waals surface area contributed by atoms with Crippen LogP contribution in [0.25, 0.3) is 0 Å². The zero-order chi connectivity index (χ0) is 12.9. The molecule has 1 aromatic heterocycles. The van der Waals surface area contributed by atoms with E-state index in [1.807, 2.05) is 23.1 Å². The molecule has 114 valence electrons. The van der Waals surface area contributed by atoms with Crippen LogP contribution < -0.4 is 5.32 Å². The Kier molecular flexibility index (Phi) is 6.29. The fourth-order valence-electron chi connectivity index (χ4n) is 3.10. The topological polar surface area (TPSA) is 42.3 Å². The van der Waals surface area contributed by atoms with Crippen molar-refractivity contribution in [2.75, 3.05) is 39.3 Å².